The van der Waals surface area contributed by atoms with Crippen LogP contribution in [0, 0.1) is 0 Å². The van der Waals surface area contributed by atoms with Gasteiger partial charge in [0.25, 0.3) is 5.91 Å². The molecule has 0 bridgehead atoms. The second-order valence-corrected chi connectivity index (χ2v) is 5.37. The first-order chi connectivity index (χ1) is 11.0. The Morgan fingerprint density at radius 3 is 2.61 bits per heavy atom. The van der Waals surface area contributed by atoms with Crippen molar-refractivity contribution in [2.24, 2.45) is 0 Å². The summed E-state index contributed by atoms with van der Waals surface area (Å²) in [6.45, 7) is 1.51. The molecular formula is C17H15N3O3. The molecule has 0 saturated heterocycles. The lowest BCUT2D eigenvalue weighted by molar-refractivity contribution is -0.116. The van der Waals surface area contributed by atoms with Crippen molar-refractivity contribution in [1.29, 1.82) is 0 Å². The number of Topliss-reactive ketones (excluding diaryl/α,β-unsaturated/α-hetero) is 1. The van der Waals surface area contributed by atoms with E-state index in [9.17, 15) is 14.4 Å². The molecule has 3 N–H and O–H groups in total. The van der Waals surface area contributed by atoms with Gasteiger partial charge in [-0.05, 0) is 42.8 Å². The number of imidazole rings is 1. The van der Waals surface area contributed by atoms with Gasteiger partial charge in [0.05, 0.1) is 11.0 Å². The van der Waals surface area contributed by atoms with E-state index in [1.807, 2.05) is 6.07 Å². The van der Waals surface area contributed by atoms with Crippen molar-refractivity contribution in [3.05, 3.63) is 64.1 Å². The van der Waals surface area contributed by atoms with E-state index >= 15 is 0 Å². The molecular weight excluding hydrogens is 294 g/mol. The molecule has 0 aliphatic heterocycles. The van der Waals surface area contributed by atoms with E-state index in [1.165, 1.54) is 6.92 Å². The van der Waals surface area contributed by atoms with Crippen molar-refractivity contribution in [3.8, 4) is 0 Å². The zero-order valence-corrected chi connectivity index (χ0v) is 12.5. The van der Waals surface area contributed by atoms with Gasteiger partial charge in [-0.1, -0.05) is 12.1 Å². The fourth-order valence-electron chi connectivity index (χ4n) is 2.42. The highest BCUT2D eigenvalue weighted by Crippen LogP contribution is 2.16. The van der Waals surface area contributed by atoms with Gasteiger partial charge in [-0.15, -0.1) is 0 Å². The predicted molar refractivity (Wildman–Crippen MR) is 87.7 cm³/mol. The lowest BCUT2D eigenvalue weighted by atomic mass is 10.1. The van der Waals surface area contributed by atoms with E-state index in [4.69, 9.17) is 0 Å². The Morgan fingerprint density at radius 1 is 1.04 bits per heavy atom. The molecule has 0 saturated carbocycles. The van der Waals surface area contributed by atoms with E-state index in [0.717, 1.165) is 5.56 Å². The van der Waals surface area contributed by atoms with Crippen LogP contribution in [0.25, 0.3) is 11.0 Å². The Hall–Kier alpha value is -3.15. The SMILES string of the molecule is CC(=O)Cc1cccc(C(=O)Nc2ccc3[nH]c(=O)[nH]c3c2)c1. The molecule has 1 aromatic heterocycles. The minimum atomic E-state index is -0.291. The number of nitrogens with one attached hydrogen (secondary N) is 3. The molecule has 3 rings (SSSR count). The molecule has 1 amide bonds. The smallest absolute Gasteiger partial charge is 0.322 e. The first-order valence-electron chi connectivity index (χ1n) is 7.13. The van der Waals surface area contributed by atoms with Crippen LogP contribution < -0.4 is 11.0 Å². The molecule has 23 heavy (non-hydrogen) atoms. The van der Waals surface area contributed by atoms with Crippen molar-refractivity contribution in [2.75, 3.05) is 5.32 Å². The third-order valence-electron chi connectivity index (χ3n) is 3.42. The standard InChI is InChI=1S/C17H15N3O3/c1-10(21)7-11-3-2-4-12(8-11)16(22)18-13-5-6-14-15(9-13)20-17(23)19-14/h2-6,8-9H,7H2,1H3,(H,18,22)(H2,19,20,23). The van der Waals surface area contributed by atoms with Crippen molar-refractivity contribution in [3.63, 3.8) is 0 Å². The molecule has 0 spiro atoms. The third-order valence-corrected chi connectivity index (χ3v) is 3.42. The number of ketones is 1. The number of benzene rings is 2. The first kappa shape index (κ1) is 14.8. The van der Waals surface area contributed by atoms with Crippen LogP contribution in [-0.4, -0.2) is 21.7 Å². The van der Waals surface area contributed by atoms with Crippen LogP contribution in [0.3, 0.4) is 0 Å². The van der Waals surface area contributed by atoms with Crippen LogP contribution >= 0.6 is 0 Å². The van der Waals surface area contributed by atoms with Crippen LogP contribution in [0.15, 0.2) is 47.3 Å². The van der Waals surface area contributed by atoms with E-state index in [2.05, 4.69) is 15.3 Å². The monoisotopic (exact) mass is 309 g/mol. The van der Waals surface area contributed by atoms with Crippen LogP contribution in [0.4, 0.5) is 5.69 Å². The lowest BCUT2D eigenvalue weighted by Crippen LogP contribution is -2.12. The van der Waals surface area contributed by atoms with Gasteiger partial charge in [-0.3, -0.25) is 9.59 Å². The second kappa shape index (κ2) is 5.92. The number of fused-ring (bicyclic) bond motifs is 1. The molecule has 3 aromatic rings. The van der Waals surface area contributed by atoms with Crippen LogP contribution in [0.2, 0.25) is 0 Å². The number of carbonyl (C=O) groups excluding carboxylic acids is 2. The van der Waals surface area contributed by atoms with E-state index in [0.29, 0.717) is 28.7 Å². The summed E-state index contributed by atoms with van der Waals surface area (Å²) in [5, 5.41) is 2.78. The molecule has 6 heteroatoms. The number of carbonyl (C=O) groups is 2. The minimum Gasteiger partial charge on any atom is -0.322 e. The summed E-state index contributed by atoms with van der Waals surface area (Å²) in [4.78, 5) is 40.0. The molecule has 0 radical (unpaired) electrons. The molecule has 6 nitrogen and oxygen atoms in total. The number of anilines is 1. The Kier molecular flexibility index (Phi) is 3.80. The van der Waals surface area contributed by atoms with E-state index < -0.39 is 0 Å². The van der Waals surface area contributed by atoms with Crippen LogP contribution in [0.1, 0.15) is 22.8 Å². The molecule has 0 unspecified atom stereocenters. The van der Waals surface area contributed by atoms with E-state index in [-0.39, 0.29) is 17.4 Å². The minimum absolute atomic E-state index is 0.0458. The Bertz CT molecular complexity index is 953. The quantitative estimate of drug-likeness (QED) is 0.689. The van der Waals surface area contributed by atoms with Gasteiger partial charge in [0, 0.05) is 17.7 Å². The van der Waals surface area contributed by atoms with Crippen molar-refractivity contribution < 1.29 is 9.59 Å². The molecule has 0 atom stereocenters. The van der Waals surface area contributed by atoms with Crippen LogP contribution in [-0.2, 0) is 11.2 Å². The first-order valence-corrected chi connectivity index (χ1v) is 7.13. The predicted octanol–water partition coefficient (Wildman–Crippen LogP) is 2.24. The highest BCUT2D eigenvalue weighted by Gasteiger charge is 2.09. The van der Waals surface area contributed by atoms with Crippen molar-refractivity contribution in [1.82, 2.24) is 9.97 Å². The number of amides is 1. The second-order valence-electron chi connectivity index (χ2n) is 5.37. The number of hydrogen-bond acceptors (Lipinski definition) is 3. The third kappa shape index (κ3) is 3.37. The number of rotatable bonds is 4. The van der Waals surface area contributed by atoms with E-state index in [1.54, 1.807) is 36.4 Å². The van der Waals surface area contributed by atoms with Gasteiger partial charge in [0.15, 0.2) is 0 Å². The number of aromatic nitrogens is 2. The summed E-state index contributed by atoms with van der Waals surface area (Å²) in [7, 11) is 0. The Morgan fingerprint density at radius 2 is 1.83 bits per heavy atom. The molecule has 0 aliphatic rings. The normalized spacial score (nSPS) is 10.7. The van der Waals surface area contributed by atoms with Crippen LogP contribution in [0.5, 0.6) is 0 Å². The molecule has 2 aromatic carbocycles. The summed E-state index contributed by atoms with van der Waals surface area (Å²) in [6.07, 6.45) is 0.303. The largest absolute Gasteiger partial charge is 0.323 e. The fraction of sp³-hybridized carbons (Fsp3) is 0.118. The van der Waals surface area contributed by atoms with Gasteiger partial charge in [0.2, 0.25) is 0 Å². The Labute approximate surface area is 131 Å². The topological polar surface area (TPSA) is 94.8 Å². The van der Waals surface area contributed by atoms with Gasteiger partial charge < -0.3 is 15.3 Å². The van der Waals surface area contributed by atoms with Crippen molar-refractivity contribution >= 4 is 28.4 Å². The average molecular weight is 309 g/mol. The fourth-order valence-corrected chi connectivity index (χ4v) is 2.42. The average Bonchev–Trinajstić information content (AvgIpc) is 2.86. The molecule has 0 fully saturated rings. The maximum absolute atomic E-state index is 12.3. The molecule has 116 valence electrons. The number of hydrogen-bond donors (Lipinski definition) is 3. The zero-order chi connectivity index (χ0) is 16.4. The van der Waals surface area contributed by atoms with Gasteiger partial charge >= 0.3 is 5.69 Å². The lowest BCUT2D eigenvalue weighted by Gasteiger charge is -2.07. The summed E-state index contributed by atoms with van der Waals surface area (Å²) >= 11 is 0. The number of H-pyrrole nitrogens is 2. The molecule has 1 heterocycles. The van der Waals surface area contributed by atoms with Gasteiger partial charge in [-0.2, -0.15) is 0 Å². The van der Waals surface area contributed by atoms with Crippen molar-refractivity contribution in [2.45, 2.75) is 13.3 Å². The van der Waals surface area contributed by atoms with Gasteiger partial charge in [-0.25, -0.2) is 4.79 Å². The summed E-state index contributed by atoms with van der Waals surface area (Å²) < 4.78 is 0. The summed E-state index contributed by atoms with van der Waals surface area (Å²) in [5.41, 5.74) is 2.87. The highest BCUT2D eigenvalue weighted by atomic mass is 16.2. The summed E-state index contributed by atoms with van der Waals surface area (Å²) in [5.74, 6) is -0.225. The maximum atomic E-state index is 12.3. The zero-order valence-electron chi connectivity index (χ0n) is 12.5. The highest BCUT2D eigenvalue weighted by molar-refractivity contribution is 6.05. The summed E-state index contributed by atoms with van der Waals surface area (Å²) in [6, 6.07) is 12.1. The maximum Gasteiger partial charge on any atom is 0.323 e. The van der Waals surface area contributed by atoms with Gasteiger partial charge in [0.1, 0.15) is 5.78 Å². The number of aromatic amines is 2. The Balaban J connectivity index is 1.82. The molecule has 0 aliphatic carbocycles.